The third-order valence-corrected chi connectivity index (χ3v) is 9.09. The molecule has 270 valence electrons. The van der Waals surface area contributed by atoms with Crippen molar-refractivity contribution in [1.82, 2.24) is 0 Å². The van der Waals surface area contributed by atoms with Crippen LogP contribution in [0.5, 0.6) is 5.75 Å². The zero-order chi connectivity index (χ0) is 35.8. The van der Waals surface area contributed by atoms with Crippen LogP contribution in [0.2, 0.25) is 0 Å². The van der Waals surface area contributed by atoms with E-state index in [2.05, 4.69) is 55.1 Å². The van der Waals surface area contributed by atoms with Gasteiger partial charge in [0.15, 0.2) is 0 Å². The van der Waals surface area contributed by atoms with Gasteiger partial charge in [0.25, 0.3) is 0 Å². The predicted octanol–water partition coefficient (Wildman–Crippen LogP) is 8.51. The topological polar surface area (TPSA) is 64.6 Å². The lowest BCUT2D eigenvalue weighted by Gasteiger charge is -2.49. The van der Waals surface area contributed by atoms with Crippen molar-refractivity contribution < 1.29 is 33.2 Å². The van der Waals surface area contributed by atoms with Gasteiger partial charge in [0.2, 0.25) is 0 Å². The highest BCUT2D eigenvalue weighted by Gasteiger charge is 2.55. The van der Waals surface area contributed by atoms with E-state index in [4.69, 9.17) is 33.2 Å². The molecule has 1 fully saturated rings. The van der Waals surface area contributed by atoms with Crippen LogP contribution < -0.4 is 4.74 Å². The first-order valence-corrected chi connectivity index (χ1v) is 17.8. The minimum Gasteiger partial charge on any atom is -0.497 e. The number of methoxy groups -OCH3 is 1. The van der Waals surface area contributed by atoms with Gasteiger partial charge < -0.3 is 33.2 Å². The Morgan fingerprint density at radius 1 is 0.385 bits per heavy atom. The molecule has 0 unspecified atom stereocenters. The molecule has 1 aliphatic rings. The van der Waals surface area contributed by atoms with Gasteiger partial charge in [-0.25, -0.2) is 0 Å². The molecular formula is C45H48O7. The summed E-state index contributed by atoms with van der Waals surface area (Å²) >= 11 is 0. The summed E-state index contributed by atoms with van der Waals surface area (Å²) in [5.74, 6) is 0.778. The average Bonchev–Trinajstić information content (AvgIpc) is 3.21. The van der Waals surface area contributed by atoms with Crippen LogP contribution in [0.1, 0.15) is 27.8 Å². The molecule has 5 aromatic carbocycles. The molecule has 0 aliphatic heterocycles. The molecule has 6 atom stereocenters. The Morgan fingerprint density at radius 2 is 0.654 bits per heavy atom. The van der Waals surface area contributed by atoms with Crippen LogP contribution in [-0.4, -0.2) is 50.3 Å². The monoisotopic (exact) mass is 700 g/mol. The first-order valence-electron chi connectivity index (χ1n) is 17.8. The van der Waals surface area contributed by atoms with Crippen LogP contribution in [-0.2, 0) is 61.5 Å². The minimum atomic E-state index is -0.608. The lowest BCUT2D eigenvalue weighted by atomic mass is 9.83. The van der Waals surface area contributed by atoms with E-state index in [1.54, 1.807) is 13.2 Å². The average molecular weight is 701 g/mol. The van der Waals surface area contributed by atoms with Crippen LogP contribution in [0.15, 0.2) is 158 Å². The number of benzene rings is 5. The zero-order valence-electron chi connectivity index (χ0n) is 29.7. The van der Waals surface area contributed by atoms with Crippen molar-refractivity contribution in [2.75, 3.05) is 13.7 Å². The second kappa shape index (κ2) is 19.9. The van der Waals surface area contributed by atoms with Gasteiger partial charge >= 0.3 is 0 Å². The predicted molar refractivity (Wildman–Crippen MR) is 202 cm³/mol. The quantitative estimate of drug-likeness (QED) is 0.0801. The van der Waals surface area contributed by atoms with E-state index < -0.39 is 36.6 Å². The Labute approximate surface area is 307 Å². The highest BCUT2D eigenvalue weighted by atomic mass is 16.6. The highest BCUT2D eigenvalue weighted by molar-refractivity contribution is 5.27. The second-order valence-corrected chi connectivity index (χ2v) is 12.8. The molecule has 0 saturated heterocycles. The van der Waals surface area contributed by atoms with Crippen LogP contribution in [0.3, 0.4) is 0 Å². The number of hydrogen-bond donors (Lipinski definition) is 0. The molecule has 7 nitrogen and oxygen atoms in total. The van der Waals surface area contributed by atoms with Crippen LogP contribution in [0, 0.1) is 0 Å². The normalized spacial score (nSPS) is 21.4. The fraction of sp³-hybridized carbons (Fsp3) is 0.289. The summed E-state index contributed by atoms with van der Waals surface area (Å²) in [5, 5.41) is 0. The molecule has 0 heterocycles. The minimum absolute atomic E-state index is 0.282. The maximum atomic E-state index is 6.92. The molecule has 1 saturated carbocycles. The van der Waals surface area contributed by atoms with Gasteiger partial charge in [-0.1, -0.05) is 140 Å². The summed E-state index contributed by atoms with van der Waals surface area (Å²) in [6.45, 7) is 5.92. The zero-order valence-corrected chi connectivity index (χ0v) is 29.7. The maximum Gasteiger partial charge on any atom is 0.118 e. The third kappa shape index (κ3) is 10.5. The standard InChI is InChI=1S/C45H48O7/c1-3-28-47-40-41(48-29-34-16-8-4-9-17-34)43(49-30-35-18-10-5-11-19-35)45(51-32-37-22-14-7-15-23-37)44(50-31-36-20-12-6-13-21-36)42(40)52-33-38-24-26-39(46-2)27-25-38/h3-27,40-45H,1,28-33H2,2H3/t40-,41-,42+,43+,44+,45-/m0/s1. The highest BCUT2D eigenvalue weighted by Crippen LogP contribution is 2.36. The summed E-state index contributed by atoms with van der Waals surface area (Å²) in [4.78, 5) is 0. The van der Waals surface area contributed by atoms with E-state index in [1.165, 1.54) is 0 Å². The van der Waals surface area contributed by atoms with Crippen molar-refractivity contribution in [1.29, 1.82) is 0 Å². The number of hydrogen-bond acceptors (Lipinski definition) is 7. The molecule has 5 aromatic rings. The summed E-state index contributed by atoms with van der Waals surface area (Å²) in [6, 6.07) is 48.4. The lowest BCUT2D eigenvalue weighted by Crippen LogP contribution is -2.67. The van der Waals surface area contributed by atoms with E-state index in [9.17, 15) is 0 Å². The molecule has 0 aromatic heterocycles. The molecular weight excluding hydrogens is 652 g/mol. The SMILES string of the molecule is C=CCO[C@@H]1[C@@H](OCc2ccc(OC)cc2)[C@@H](OCc2ccccc2)[C@@H](OCc2ccccc2)[C@H](OCc2ccccc2)[C@H]1OCc1ccccc1. The Morgan fingerprint density at radius 3 is 0.923 bits per heavy atom. The summed E-state index contributed by atoms with van der Waals surface area (Å²) in [6.07, 6.45) is -1.85. The Balaban J connectivity index is 1.40. The van der Waals surface area contributed by atoms with Gasteiger partial charge in [-0.3, -0.25) is 0 Å². The Hall–Kier alpha value is -4.60. The van der Waals surface area contributed by atoms with Crippen LogP contribution in [0.25, 0.3) is 0 Å². The van der Waals surface area contributed by atoms with Crippen LogP contribution in [0.4, 0.5) is 0 Å². The first-order chi connectivity index (χ1) is 25.7. The summed E-state index contributed by atoms with van der Waals surface area (Å²) < 4.78 is 46.5. The fourth-order valence-corrected chi connectivity index (χ4v) is 6.42. The van der Waals surface area contributed by atoms with Gasteiger partial charge in [0.1, 0.15) is 42.4 Å². The van der Waals surface area contributed by atoms with Crippen molar-refractivity contribution in [3.05, 3.63) is 186 Å². The molecule has 7 heteroatoms. The van der Waals surface area contributed by atoms with E-state index in [1.807, 2.05) is 97.1 Å². The summed E-state index contributed by atoms with van der Waals surface area (Å²) in [7, 11) is 1.66. The van der Waals surface area contributed by atoms with Crippen molar-refractivity contribution in [2.24, 2.45) is 0 Å². The Kier molecular flexibility index (Phi) is 14.2. The molecule has 0 radical (unpaired) electrons. The maximum absolute atomic E-state index is 6.92. The van der Waals surface area contributed by atoms with Crippen molar-refractivity contribution >= 4 is 0 Å². The second-order valence-electron chi connectivity index (χ2n) is 12.8. The van der Waals surface area contributed by atoms with E-state index in [0.717, 1.165) is 33.6 Å². The molecule has 6 rings (SSSR count). The third-order valence-electron chi connectivity index (χ3n) is 9.09. The molecule has 0 amide bonds. The first kappa shape index (κ1) is 37.2. The van der Waals surface area contributed by atoms with E-state index in [-0.39, 0.29) is 6.61 Å². The number of ether oxygens (including phenoxy) is 7. The van der Waals surface area contributed by atoms with Crippen molar-refractivity contribution in [2.45, 2.75) is 69.7 Å². The molecule has 1 aliphatic carbocycles. The van der Waals surface area contributed by atoms with Crippen molar-refractivity contribution in [3.8, 4) is 5.75 Å². The van der Waals surface area contributed by atoms with Crippen LogP contribution >= 0.6 is 0 Å². The molecule has 0 N–H and O–H groups in total. The van der Waals surface area contributed by atoms with Gasteiger partial charge in [-0.2, -0.15) is 0 Å². The van der Waals surface area contributed by atoms with Crippen molar-refractivity contribution in [3.63, 3.8) is 0 Å². The number of rotatable bonds is 19. The van der Waals surface area contributed by atoms with Gasteiger partial charge in [-0.15, -0.1) is 6.58 Å². The molecule has 0 bridgehead atoms. The molecule has 0 spiro atoms. The summed E-state index contributed by atoms with van der Waals surface area (Å²) in [5.41, 5.74) is 5.12. The smallest absolute Gasteiger partial charge is 0.118 e. The van der Waals surface area contributed by atoms with Gasteiger partial charge in [-0.05, 0) is 39.9 Å². The van der Waals surface area contributed by atoms with E-state index in [0.29, 0.717) is 33.0 Å². The van der Waals surface area contributed by atoms with Gasteiger partial charge in [0.05, 0.1) is 46.8 Å². The lowest BCUT2D eigenvalue weighted by molar-refractivity contribution is -0.289. The largest absolute Gasteiger partial charge is 0.497 e. The Bertz CT molecular complexity index is 1720. The fourth-order valence-electron chi connectivity index (χ4n) is 6.42. The van der Waals surface area contributed by atoms with Gasteiger partial charge in [0, 0.05) is 0 Å². The van der Waals surface area contributed by atoms with E-state index >= 15 is 0 Å². The molecule has 52 heavy (non-hydrogen) atoms.